The first-order valence-electron chi connectivity index (χ1n) is 8.75. The summed E-state index contributed by atoms with van der Waals surface area (Å²) < 4.78 is 0. The summed E-state index contributed by atoms with van der Waals surface area (Å²) in [6.45, 7) is 17.6. The number of aliphatic imine (C=N–C) groups is 1. The number of rotatable bonds is 10. The highest BCUT2D eigenvalue weighted by Crippen LogP contribution is 2.15. The number of hydrogen-bond acceptors (Lipinski definition) is 1. The highest BCUT2D eigenvalue weighted by atomic mass is 15.4. The molecule has 0 rings (SSSR count). The molecule has 0 saturated carbocycles. The van der Waals surface area contributed by atoms with Gasteiger partial charge in [-0.15, -0.1) is 0 Å². The minimum absolute atomic E-state index is 0.637. The van der Waals surface area contributed by atoms with E-state index in [0.29, 0.717) is 6.04 Å². The summed E-state index contributed by atoms with van der Waals surface area (Å²) >= 11 is 0. The summed E-state index contributed by atoms with van der Waals surface area (Å²) in [5, 5.41) is 0. The van der Waals surface area contributed by atoms with Crippen LogP contribution in [0.4, 0.5) is 0 Å². The van der Waals surface area contributed by atoms with Crippen LogP contribution in [0, 0.1) is 0 Å². The van der Waals surface area contributed by atoms with E-state index >= 15 is 0 Å². The Balaban J connectivity index is 5.22. The van der Waals surface area contributed by atoms with Gasteiger partial charge in [0.2, 0.25) is 0 Å². The molecule has 0 spiro atoms. The van der Waals surface area contributed by atoms with Gasteiger partial charge in [0.25, 0.3) is 0 Å². The molecule has 0 aromatic rings. The molecule has 3 heteroatoms. The highest BCUT2D eigenvalue weighted by molar-refractivity contribution is 5.80. The Kier molecular flexibility index (Phi) is 11.6. The molecule has 0 aromatic carbocycles. The molecule has 20 heavy (non-hydrogen) atoms. The fourth-order valence-electron chi connectivity index (χ4n) is 2.71. The molecule has 0 N–H and O–H groups in total. The lowest BCUT2D eigenvalue weighted by molar-refractivity contribution is 0.241. The summed E-state index contributed by atoms with van der Waals surface area (Å²) in [6, 6.07) is 0.637. The summed E-state index contributed by atoms with van der Waals surface area (Å²) in [4.78, 5) is 9.84. The van der Waals surface area contributed by atoms with Crippen LogP contribution >= 0.6 is 0 Å². The Morgan fingerprint density at radius 3 is 2.00 bits per heavy atom. The zero-order valence-corrected chi connectivity index (χ0v) is 14.8. The van der Waals surface area contributed by atoms with Crippen molar-refractivity contribution in [1.82, 2.24) is 9.80 Å². The van der Waals surface area contributed by atoms with E-state index in [4.69, 9.17) is 4.99 Å². The van der Waals surface area contributed by atoms with Crippen molar-refractivity contribution >= 4 is 5.96 Å². The largest absolute Gasteiger partial charge is 0.343 e. The quantitative estimate of drug-likeness (QED) is 0.437. The molecule has 1 unspecified atom stereocenters. The van der Waals surface area contributed by atoms with Crippen LogP contribution in [0.25, 0.3) is 0 Å². The molecule has 0 aliphatic rings. The van der Waals surface area contributed by atoms with Crippen molar-refractivity contribution in [3.8, 4) is 0 Å². The Labute approximate surface area is 127 Å². The van der Waals surface area contributed by atoms with Crippen LogP contribution < -0.4 is 0 Å². The maximum Gasteiger partial charge on any atom is 0.196 e. The fraction of sp³-hybridized carbons (Fsp3) is 0.941. The Hall–Kier alpha value is -0.730. The minimum atomic E-state index is 0.637. The molecular formula is C17H37N3. The number of hydrogen-bond donors (Lipinski definition) is 0. The van der Waals surface area contributed by atoms with Crippen LogP contribution in [-0.4, -0.2) is 48.0 Å². The van der Waals surface area contributed by atoms with Gasteiger partial charge in [-0.2, -0.15) is 0 Å². The molecule has 0 bridgehead atoms. The Bertz CT molecular complexity index is 247. The molecule has 0 amide bonds. The second-order valence-electron chi connectivity index (χ2n) is 5.34. The van der Waals surface area contributed by atoms with Crippen molar-refractivity contribution in [3.63, 3.8) is 0 Å². The van der Waals surface area contributed by atoms with E-state index in [-0.39, 0.29) is 0 Å². The molecule has 120 valence electrons. The fourth-order valence-corrected chi connectivity index (χ4v) is 2.71. The van der Waals surface area contributed by atoms with E-state index in [9.17, 15) is 0 Å². The minimum Gasteiger partial charge on any atom is -0.343 e. The highest BCUT2D eigenvalue weighted by Gasteiger charge is 2.22. The van der Waals surface area contributed by atoms with Gasteiger partial charge in [0.05, 0.1) is 0 Å². The van der Waals surface area contributed by atoms with E-state index in [1.54, 1.807) is 0 Å². The lowest BCUT2D eigenvalue weighted by Crippen LogP contribution is -2.49. The van der Waals surface area contributed by atoms with E-state index in [0.717, 1.165) is 26.2 Å². The van der Waals surface area contributed by atoms with Crippen molar-refractivity contribution in [2.45, 2.75) is 79.7 Å². The summed E-state index contributed by atoms with van der Waals surface area (Å²) in [7, 11) is 0. The number of nitrogens with zero attached hydrogens (tertiary/aromatic N) is 3. The first kappa shape index (κ1) is 19.3. The molecule has 3 nitrogen and oxygen atoms in total. The van der Waals surface area contributed by atoms with E-state index in [1.807, 2.05) is 0 Å². The predicted molar refractivity (Wildman–Crippen MR) is 91.5 cm³/mol. The third-order valence-electron chi connectivity index (χ3n) is 3.89. The van der Waals surface area contributed by atoms with Crippen LogP contribution in [0.3, 0.4) is 0 Å². The Morgan fingerprint density at radius 2 is 1.60 bits per heavy atom. The topological polar surface area (TPSA) is 18.8 Å². The molecule has 0 aliphatic carbocycles. The van der Waals surface area contributed by atoms with Gasteiger partial charge < -0.3 is 9.80 Å². The molecule has 1 atom stereocenters. The van der Waals surface area contributed by atoms with Crippen molar-refractivity contribution in [2.24, 2.45) is 4.99 Å². The van der Waals surface area contributed by atoms with Gasteiger partial charge >= 0.3 is 0 Å². The first-order chi connectivity index (χ1) is 9.69. The monoisotopic (exact) mass is 283 g/mol. The third-order valence-corrected chi connectivity index (χ3v) is 3.89. The van der Waals surface area contributed by atoms with Crippen molar-refractivity contribution in [2.75, 3.05) is 26.2 Å². The van der Waals surface area contributed by atoms with E-state index < -0.39 is 0 Å². The molecule has 0 heterocycles. The smallest absolute Gasteiger partial charge is 0.196 e. The molecular weight excluding hydrogens is 246 g/mol. The van der Waals surface area contributed by atoms with Gasteiger partial charge in [0.1, 0.15) is 0 Å². The van der Waals surface area contributed by atoms with Crippen LogP contribution in [0.5, 0.6) is 0 Å². The van der Waals surface area contributed by atoms with Gasteiger partial charge in [-0.25, -0.2) is 0 Å². The average Bonchev–Trinajstić information content (AvgIpc) is 2.47. The number of guanidine groups is 1. The maximum atomic E-state index is 4.84. The predicted octanol–water partition coefficient (Wildman–Crippen LogP) is 4.38. The second-order valence-corrected chi connectivity index (χ2v) is 5.34. The van der Waals surface area contributed by atoms with E-state index in [1.165, 1.54) is 38.1 Å². The van der Waals surface area contributed by atoms with E-state index in [2.05, 4.69) is 51.3 Å². The molecule has 0 saturated heterocycles. The van der Waals surface area contributed by atoms with Gasteiger partial charge in [-0.1, -0.05) is 33.6 Å². The number of unbranched alkanes of at least 4 members (excludes halogenated alkanes) is 1. The van der Waals surface area contributed by atoms with Crippen LogP contribution in [0.15, 0.2) is 4.99 Å². The molecule has 0 aliphatic heterocycles. The van der Waals surface area contributed by atoms with Crippen LogP contribution in [0.1, 0.15) is 73.6 Å². The summed E-state index contributed by atoms with van der Waals surface area (Å²) in [5.41, 5.74) is 0. The first-order valence-corrected chi connectivity index (χ1v) is 8.75. The second kappa shape index (κ2) is 12.0. The lowest BCUT2D eigenvalue weighted by Gasteiger charge is -2.38. The van der Waals surface area contributed by atoms with Gasteiger partial charge in [0.15, 0.2) is 5.96 Å². The van der Waals surface area contributed by atoms with Gasteiger partial charge in [0, 0.05) is 32.2 Å². The zero-order valence-electron chi connectivity index (χ0n) is 14.8. The zero-order chi connectivity index (χ0) is 15.4. The summed E-state index contributed by atoms with van der Waals surface area (Å²) in [6.07, 6.45) is 6.23. The Morgan fingerprint density at radius 1 is 0.950 bits per heavy atom. The SMILES string of the molecule is CCCCN(C(=NCC)N(CC)CC)C(CC)CCC. The third kappa shape index (κ3) is 6.15. The van der Waals surface area contributed by atoms with Gasteiger partial charge in [-0.05, 0) is 40.0 Å². The summed E-state index contributed by atoms with van der Waals surface area (Å²) in [5.74, 6) is 1.23. The van der Waals surface area contributed by atoms with Crippen molar-refractivity contribution in [1.29, 1.82) is 0 Å². The standard InChI is InChI=1S/C17H37N3/c1-7-13-15-20(16(9-3)14-8-2)17(18-10-4)19(11-5)12-6/h16H,7-15H2,1-6H3. The van der Waals surface area contributed by atoms with Crippen molar-refractivity contribution < 1.29 is 0 Å². The molecule has 0 fully saturated rings. The normalized spacial score (nSPS) is 13.4. The molecule has 0 aromatic heterocycles. The van der Waals surface area contributed by atoms with Gasteiger partial charge in [-0.3, -0.25) is 4.99 Å². The van der Waals surface area contributed by atoms with Crippen LogP contribution in [-0.2, 0) is 0 Å². The van der Waals surface area contributed by atoms with Crippen molar-refractivity contribution in [3.05, 3.63) is 0 Å². The molecule has 0 radical (unpaired) electrons. The average molecular weight is 284 g/mol. The lowest BCUT2D eigenvalue weighted by atomic mass is 10.1. The van der Waals surface area contributed by atoms with Crippen LogP contribution in [0.2, 0.25) is 0 Å². The maximum absolute atomic E-state index is 4.84.